The molecule has 0 atom stereocenters. The number of carbonyl (C=O) groups is 1. The average molecular weight is 319 g/mol. The van der Waals surface area contributed by atoms with E-state index in [0.717, 1.165) is 0 Å². The van der Waals surface area contributed by atoms with Gasteiger partial charge in [-0.25, -0.2) is 0 Å². The number of hydrogen-bond donors (Lipinski definition) is 2. The highest BCUT2D eigenvalue weighted by molar-refractivity contribution is 6.42. The van der Waals surface area contributed by atoms with Crippen LogP contribution in [0.4, 0.5) is 5.69 Å². The van der Waals surface area contributed by atoms with Gasteiger partial charge in [0.15, 0.2) is 0 Å². The highest BCUT2D eigenvalue weighted by atomic mass is 35.5. The van der Waals surface area contributed by atoms with Crippen LogP contribution in [0.3, 0.4) is 0 Å². The van der Waals surface area contributed by atoms with Crippen molar-refractivity contribution in [3.05, 3.63) is 40.0 Å². The van der Waals surface area contributed by atoms with Gasteiger partial charge in [-0.2, -0.15) is 5.26 Å². The number of hydrogen-bond acceptors (Lipinski definition) is 3. The van der Waals surface area contributed by atoms with Crippen LogP contribution >= 0.6 is 34.8 Å². The fraction of sp³-hybridized carbons (Fsp3) is 0.167. The SMILES string of the molecule is N#C/C(=C/NCCCl)C(=O)Nc1ccc(Cl)c(Cl)c1. The third-order valence-corrected chi connectivity index (χ3v) is 2.96. The van der Waals surface area contributed by atoms with Crippen molar-refractivity contribution in [3.63, 3.8) is 0 Å². The van der Waals surface area contributed by atoms with Crippen LogP contribution in [0.15, 0.2) is 30.0 Å². The zero-order valence-corrected chi connectivity index (χ0v) is 12.0. The molecule has 1 aromatic carbocycles. The molecule has 1 amide bonds. The maximum absolute atomic E-state index is 11.8. The molecule has 0 heterocycles. The molecule has 100 valence electrons. The van der Waals surface area contributed by atoms with Crippen LogP contribution in [0.1, 0.15) is 0 Å². The summed E-state index contributed by atoms with van der Waals surface area (Å²) in [5.41, 5.74) is 0.397. The Morgan fingerprint density at radius 2 is 2.11 bits per heavy atom. The van der Waals surface area contributed by atoms with Gasteiger partial charge in [-0.15, -0.1) is 11.6 Å². The first-order chi connectivity index (χ1) is 9.08. The van der Waals surface area contributed by atoms with Crippen molar-refractivity contribution in [2.45, 2.75) is 0 Å². The molecule has 7 heteroatoms. The lowest BCUT2D eigenvalue weighted by Crippen LogP contribution is -2.17. The fourth-order valence-electron chi connectivity index (χ4n) is 1.15. The standard InChI is InChI=1S/C12H10Cl3N3O/c13-3-4-17-7-8(6-16)12(19)18-9-1-2-10(14)11(15)5-9/h1-2,5,7,17H,3-4H2,(H,18,19)/b8-7-. The van der Waals surface area contributed by atoms with Crippen LogP contribution in [0.25, 0.3) is 0 Å². The Labute approximate surface area is 125 Å². The minimum absolute atomic E-state index is 0.0591. The van der Waals surface area contributed by atoms with Crippen molar-refractivity contribution in [3.8, 4) is 6.07 Å². The Bertz CT molecular complexity index is 538. The summed E-state index contributed by atoms with van der Waals surface area (Å²) in [4.78, 5) is 11.8. The van der Waals surface area contributed by atoms with Crippen molar-refractivity contribution >= 4 is 46.4 Å². The smallest absolute Gasteiger partial charge is 0.267 e. The van der Waals surface area contributed by atoms with Gasteiger partial charge in [0.05, 0.1) is 10.0 Å². The van der Waals surface area contributed by atoms with Crippen molar-refractivity contribution in [2.24, 2.45) is 0 Å². The summed E-state index contributed by atoms with van der Waals surface area (Å²) in [6, 6.07) is 6.44. The summed E-state index contributed by atoms with van der Waals surface area (Å²) < 4.78 is 0. The third-order valence-electron chi connectivity index (χ3n) is 2.03. The number of amides is 1. The van der Waals surface area contributed by atoms with Crippen LogP contribution < -0.4 is 10.6 Å². The van der Waals surface area contributed by atoms with Gasteiger partial charge in [-0.1, -0.05) is 23.2 Å². The summed E-state index contributed by atoms with van der Waals surface area (Å²) in [5.74, 6) is -0.160. The van der Waals surface area contributed by atoms with E-state index < -0.39 is 5.91 Å². The Hall–Kier alpha value is -1.41. The Morgan fingerprint density at radius 3 is 2.68 bits per heavy atom. The summed E-state index contributed by atoms with van der Waals surface area (Å²) in [5, 5.41) is 14.9. The third kappa shape index (κ3) is 4.99. The highest BCUT2D eigenvalue weighted by Gasteiger charge is 2.09. The molecule has 0 aliphatic carbocycles. The van der Waals surface area contributed by atoms with Crippen LogP contribution in [0.2, 0.25) is 10.0 Å². The molecule has 0 bridgehead atoms. The summed E-state index contributed by atoms with van der Waals surface area (Å²) in [7, 11) is 0. The number of rotatable bonds is 5. The fourth-order valence-corrected chi connectivity index (χ4v) is 1.56. The highest BCUT2D eigenvalue weighted by Crippen LogP contribution is 2.25. The zero-order valence-electron chi connectivity index (χ0n) is 9.71. The molecule has 0 saturated heterocycles. The molecular weight excluding hydrogens is 309 g/mol. The molecular formula is C12H10Cl3N3O. The Balaban J connectivity index is 2.74. The quantitative estimate of drug-likeness (QED) is 0.379. The first-order valence-electron chi connectivity index (χ1n) is 5.24. The van der Waals surface area contributed by atoms with Crippen LogP contribution in [-0.4, -0.2) is 18.3 Å². The zero-order chi connectivity index (χ0) is 14.3. The van der Waals surface area contributed by atoms with E-state index in [1.54, 1.807) is 18.2 Å². The van der Waals surface area contributed by atoms with E-state index in [1.165, 1.54) is 12.3 Å². The van der Waals surface area contributed by atoms with E-state index in [4.69, 9.17) is 40.1 Å². The summed E-state index contributed by atoms with van der Waals surface area (Å²) in [6.45, 7) is 0.465. The van der Waals surface area contributed by atoms with E-state index in [2.05, 4.69) is 10.6 Å². The molecule has 0 aromatic heterocycles. The monoisotopic (exact) mass is 317 g/mol. The van der Waals surface area contributed by atoms with Gasteiger partial charge in [0.2, 0.25) is 0 Å². The number of carbonyl (C=O) groups excluding carboxylic acids is 1. The molecule has 0 fully saturated rings. The van der Waals surface area contributed by atoms with Gasteiger partial charge in [-0.05, 0) is 18.2 Å². The summed E-state index contributed by atoms with van der Waals surface area (Å²) >= 11 is 17.1. The first kappa shape index (κ1) is 15.6. The number of nitrogens with one attached hydrogen (secondary N) is 2. The van der Waals surface area contributed by atoms with Gasteiger partial charge >= 0.3 is 0 Å². The van der Waals surface area contributed by atoms with E-state index >= 15 is 0 Å². The predicted octanol–water partition coefficient (Wildman–Crippen LogP) is 3.17. The van der Waals surface area contributed by atoms with Gasteiger partial charge in [0, 0.05) is 24.3 Å². The molecule has 0 spiro atoms. The van der Waals surface area contributed by atoms with Gasteiger partial charge in [0.1, 0.15) is 11.6 Å². The van der Waals surface area contributed by atoms with Crippen molar-refractivity contribution in [1.29, 1.82) is 5.26 Å². The molecule has 19 heavy (non-hydrogen) atoms. The van der Waals surface area contributed by atoms with Gasteiger partial charge in [-0.3, -0.25) is 4.79 Å². The average Bonchev–Trinajstić information content (AvgIpc) is 2.39. The molecule has 0 aliphatic rings. The minimum Gasteiger partial charge on any atom is -0.388 e. The van der Waals surface area contributed by atoms with E-state index in [9.17, 15) is 4.79 Å². The van der Waals surface area contributed by atoms with E-state index in [1.807, 2.05) is 0 Å². The lowest BCUT2D eigenvalue weighted by molar-refractivity contribution is -0.112. The first-order valence-corrected chi connectivity index (χ1v) is 6.53. The maximum Gasteiger partial charge on any atom is 0.267 e. The lowest BCUT2D eigenvalue weighted by atomic mass is 10.2. The van der Waals surface area contributed by atoms with Crippen LogP contribution in [-0.2, 0) is 4.79 Å². The normalized spacial score (nSPS) is 10.7. The largest absolute Gasteiger partial charge is 0.388 e. The number of benzene rings is 1. The molecule has 1 rings (SSSR count). The summed E-state index contributed by atoms with van der Waals surface area (Å²) in [6.07, 6.45) is 1.31. The Kier molecular flexibility index (Phi) is 6.51. The molecule has 0 radical (unpaired) electrons. The van der Waals surface area contributed by atoms with Gasteiger partial charge in [0.25, 0.3) is 5.91 Å². The molecule has 4 nitrogen and oxygen atoms in total. The maximum atomic E-state index is 11.8. The van der Waals surface area contributed by atoms with Crippen LogP contribution in [0, 0.1) is 11.3 Å². The van der Waals surface area contributed by atoms with E-state index in [0.29, 0.717) is 28.2 Å². The second-order valence-electron chi connectivity index (χ2n) is 3.40. The number of nitrogens with zero attached hydrogens (tertiary/aromatic N) is 1. The lowest BCUT2D eigenvalue weighted by Gasteiger charge is -2.05. The van der Waals surface area contributed by atoms with Crippen molar-refractivity contribution in [2.75, 3.05) is 17.7 Å². The van der Waals surface area contributed by atoms with E-state index in [-0.39, 0.29) is 5.57 Å². The topological polar surface area (TPSA) is 64.9 Å². The second-order valence-corrected chi connectivity index (χ2v) is 4.59. The number of alkyl halides is 1. The van der Waals surface area contributed by atoms with Gasteiger partial charge < -0.3 is 10.6 Å². The van der Waals surface area contributed by atoms with Crippen molar-refractivity contribution < 1.29 is 4.79 Å². The number of anilines is 1. The predicted molar refractivity (Wildman–Crippen MR) is 77.5 cm³/mol. The molecule has 1 aromatic rings. The molecule has 0 aliphatic heterocycles. The minimum atomic E-state index is -0.539. The second kappa shape index (κ2) is 7.90. The molecule has 0 saturated carbocycles. The number of nitriles is 1. The molecule has 0 unspecified atom stereocenters. The van der Waals surface area contributed by atoms with Crippen LogP contribution in [0.5, 0.6) is 0 Å². The molecule has 2 N–H and O–H groups in total. The number of halogens is 3. The van der Waals surface area contributed by atoms with Crippen molar-refractivity contribution in [1.82, 2.24) is 5.32 Å². The Morgan fingerprint density at radius 1 is 1.37 bits per heavy atom.